The fourth-order valence-electron chi connectivity index (χ4n) is 1.99. The van der Waals surface area contributed by atoms with Gasteiger partial charge in [0.2, 0.25) is 0 Å². The van der Waals surface area contributed by atoms with Crippen LogP contribution in [0.4, 0.5) is 11.4 Å². The highest BCUT2D eigenvalue weighted by molar-refractivity contribution is 6.00. The van der Waals surface area contributed by atoms with Gasteiger partial charge >= 0.3 is 0 Å². The lowest BCUT2D eigenvalue weighted by Crippen LogP contribution is -2.22. The Balaban J connectivity index is 2.70. The van der Waals surface area contributed by atoms with Crippen molar-refractivity contribution in [1.82, 2.24) is 0 Å². The highest BCUT2D eigenvalue weighted by Crippen LogP contribution is 2.43. The number of hydrogen-bond donors (Lipinski definition) is 0. The molecule has 0 fully saturated rings. The molecule has 4 nitrogen and oxygen atoms in total. The van der Waals surface area contributed by atoms with Crippen LogP contribution in [-0.2, 0) is 5.41 Å². The Morgan fingerprint density at radius 1 is 1.31 bits per heavy atom. The molecule has 0 radical (unpaired) electrons. The highest BCUT2D eigenvalue weighted by atomic mass is 16.6. The number of hydrogen-bond acceptors (Lipinski definition) is 3. The summed E-state index contributed by atoms with van der Waals surface area (Å²) in [5, 5.41) is 10.8. The first-order valence-electron chi connectivity index (χ1n) is 5.19. The second-order valence-corrected chi connectivity index (χ2v) is 4.74. The predicted octanol–water partition coefficient (Wildman–Crippen LogP) is 3.29. The molecule has 0 aliphatic carbocycles. The molecule has 2 rings (SSSR count). The van der Waals surface area contributed by atoms with Gasteiger partial charge in [-0.1, -0.05) is 13.8 Å². The van der Waals surface area contributed by atoms with E-state index in [4.69, 9.17) is 0 Å². The highest BCUT2D eigenvalue weighted by Gasteiger charge is 2.34. The normalized spacial score (nSPS) is 16.9. The van der Waals surface area contributed by atoms with Crippen molar-refractivity contribution >= 4 is 17.1 Å². The number of aliphatic imine (C=N–C) groups is 1. The molecular formula is C12H14N2O2. The first-order valence-corrected chi connectivity index (χ1v) is 5.19. The van der Waals surface area contributed by atoms with Crippen molar-refractivity contribution in [2.45, 2.75) is 33.1 Å². The molecule has 16 heavy (non-hydrogen) atoms. The monoisotopic (exact) mass is 218 g/mol. The average Bonchev–Trinajstić information content (AvgIpc) is 2.40. The van der Waals surface area contributed by atoms with E-state index in [1.807, 2.05) is 27.7 Å². The minimum atomic E-state index is -0.350. The van der Waals surface area contributed by atoms with Crippen LogP contribution in [0.5, 0.6) is 0 Å². The van der Waals surface area contributed by atoms with E-state index in [9.17, 15) is 10.1 Å². The predicted molar refractivity (Wildman–Crippen MR) is 63.6 cm³/mol. The van der Waals surface area contributed by atoms with Gasteiger partial charge in [-0.3, -0.25) is 15.1 Å². The molecule has 0 saturated carbocycles. The summed E-state index contributed by atoms with van der Waals surface area (Å²) in [5.41, 5.74) is 3.67. The Labute approximate surface area is 94.2 Å². The van der Waals surface area contributed by atoms with Crippen LogP contribution >= 0.6 is 0 Å². The molecule has 0 bridgehead atoms. The third-order valence-corrected chi connectivity index (χ3v) is 3.35. The van der Waals surface area contributed by atoms with Gasteiger partial charge in [0.05, 0.1) is 10.6 Å². The van der Waals surface area contributed by atoms with Crippen LogP contribution in [0.15, 0.2) is 17.1 Å². The van der Waals surface area contributed by atoms with Crippen LogP contribution in [0, 0.1) is 17.0 Å². The van der Waals surface area contributed by atoms with Gasteiger partial charge in [-0.15, -0.1) is 0 Å². The Morgan fingerprint density at radius 3 is 2.50 bits per heavy atom. The molecule has 0 spiro atoms. The minimum Gasteiger partial charge on any atom is -0.258 e. The van der Waals surface area contributed by atoms with Crippen molar-refractivity contribution in [2.24, 2.45) is 4.99 Å². The van der Waals surface area contributed by atoms with Crippen LogP contribution in [0.3, 0.4) is 0 Å². The largest absolute Gasteiger partial charge is 0.270 e. The van der Waals surface area contributed by atoms with E-state index in [1.165, 1.54) is 0 Å². The number of aryl methyl sites for hydroxylation is 1. The molecular weight excluding hydrogens is 204 g/mol. The van der Waals surface area contributed by atoms with Gasteiger partial charge in [-0.05, 0) is 25.0 Å². The Kier molecular flexibility index (Phi) is 2.12. The van der Waals surface area contributed by atoms with Gasteiger partial charge in [-0.2, -0.15) is 0 Å². The third kappa shape index (κ3) is 1.33. The van der Waals surface area contributed by atoms with Crippen molar-refractivity contribution in [3.63, 3.8) is 0 Å². The number of nitro benzene ring substituents is 1. The maximum absolute atomic E-state index is 10.8. The molecule has 4 heteroatoms. The lowest BCUT2D eigenvalue weighted by Gasteiger charge is -2.19. The molecule has 1 aliphatic heterocycles. The second-order valence-electron chi connectivity index (χ2n) is 4.74. The quantitative estimate of drug-likeness (QED) is 0.536. The number of nitrogens with zero attached hydrogens (tertiary/aromatic N) is 2. The second kappa shape index (κ2) is 3.14. The third-order valence-electron chi connectivity index (χ3n) is 3.35. The van der Waals surface area contributed by atoms with Gasteiger partial charge in [0.1, 0.15) is 0 Å². The summed E-state index contributed by atoms with van der Waals surface area (Å²) < 4.78 is 0. The van der Waals surface area contributed by atoms with E-state index in [0.29, 0.717) is 0 Å². The molecule has 0 atom stereocenters. The van der Waals surface area contributed by atoms with Crippen LogP contribution in [0.2, 0.25) is 0 Å². The molecule has 0 unspecified atom stereocenters. The van der Waals surface area contributed by atoms with E-state index in [1.54, 1.807) is 12.1 Å². The fourth-order valence-corrected chi connectivity index (χ4v) is 1.99. The van der Waals surface area contributed by atoms with Crippen molar-refractivity contribution < 1.29 is 4.92 Å². The van der Waals surface area contributed by atoms with Crippen molar-refractivity contribution in [3.05, 3.63) is 33.4 Å². The number of non-ortho nitro benzene ring substituents is 1. The molecule has 0 amide bonds. The first kappa shape index (κ1) is 10.8. The van der Waals surface area contributed by atoms with Gasteiger partial charge < -0.3 is 0 Å². The summed E-state index contributed by atoms with van der Waals surface area (Å²) in [7, 11) is 0. The zero-order valence-corrected chi connectivity index (χ0v) is 9.87. The molecule has 0 N–H and O–H groups in total. The fraction of sp³-hybridized carbons (Fsp3) is 0.417. The van der Waals surface area contributed by atoms with Crippen LogP contribution in [0.1, 0.15) is 31.9 Å². The smallest absolute Gasteiger partial charge is 0.258 e. The van der Waals surface area contributed by atoms with Gasteiger partial charge in [-0.25, -0.2) is 0 Å². The SMILES string of the molecule is CC1=Nc2c(C)cc([N+](=O)[O-])cc2C1(C)C. The minimum absolute atomic E-state index is 0.147. The summed E-state index contributed by atoms with van der Waals surface area (Å²) in [6.07, 6.45) is 0. The van der Waals surface area contributed by atoms with E-state index >= 15 is 0 Å². The number of nitro groups is 1. The van der Waals surface area contributed by atoms with Gasteiger partial charge in [0.25, 0.3) is 5.69 Å². The van der Waals surface area contributed by atoms with E-state index in [-0.39, 0.29) is 16.0 Å². The standard InChI is InChI=1S/C12H14N2O2/c1-7-5-9(14(15)16)6-10-11(7)13-8(2)12(10,3)4/h5-6H,1-4H3. The van der Waals surface area contributed by atoms with Crippen LogP contribution in [-0.4, -0.2) is 10.6 Å². The summed E-state index contributed by atoms with van der Waals surface area (Å²) in [4.78, 5) is 15.0. The van der Waals surface area contributed by atoms with Crippen molar-refractivity contribution in [3.8, 4) is 0 Å². The maximum Gasteiger partial charge on any atom is 0.270 e. The van der Waals surface area contributed by atoms with Crippen molar-refractivity contribution in [2.75, 3.05) is 0 Å². The molecule has 1 aromatic carbocycles. The summed E-state index contributed by atoms with van der Waals surface area (Å²) >= 11 is 0. The molecule has 1 aromatic rings. The van der Waals surface area contributed by atoms with Crippen LogP contribution in [0.25, 0.3) is 0 Å². The molecule has 1 heterocycles. The lowest BCUT2D eigenvalue weighted by molar-refractivity contribution is -0.385. The summed E-state index contributed by atoms with van der Waals surface area (Å²) in [6.45, 7) is 7.91. The summed E-state index contributed by atoms with van der Waals surface area (Å²) in [5.74, 6) is 0. The first-order chi connectivity index (χ1) is 7.34. The Bertz CT molecular complexity index is 516. The number of fused-ring (bicyclic) bond motifs is 1. The molecule has 0 aromatic heterocycles. The molecule has 0 saturated heterocycles. The van der Waals surface area contributed by atoms with E-state index < -0.39 is 0 Å². The maximum atomic E-state index is 10.8. The summed E-state index contributed by atoms with van der Waals surface area (Å²) in [6, 6.07) is 3.22. The van der Waals surface area contributed by atoms with E-state index in [0.717, 1.165) is 22.5 Å². The van der Waals surface area contributed by atoms with Crippen molar-refractivity contribution in [1.29, 1.82) is 0 Å². The van der Waals surface area contributed by atoms with Crippen LogP contribution < -0.4 is 0 Å². The Morgan fingerprint density at radius 2 is 1.94 bits per heavy atom. The zero-order chi connectivity index (χ0) is 12.1. The zero-order valence-electron chi connectivity index (χ0n) is 9.87. The lowest BCUT2D eigenvalue weighted by atomic mass is 9.81. The molecule has 84 valence electrons. The van der Waals surface area contributed by atoms with Gasteiger partial charge in [0.15, 0.2) is 0 Å². The number of benzene rings is 1. The Hall–Kier alpha value is -1.71. The number of rotatable bonds is 1. The average molecular weight is 218 g/mol. The molecule has 1 aliphatic rings. The van der Waals surface area contributed by atoms with Gasteiger partial charge in [0, 0.05) is 23.3 Å². The van der Waals surface area contributed by atoms with E-state index in [2.05, 4.69) is 4.99 Å². The topological polar surface area (TPSA) is 55.5 Å².